The molecule has 3 rings (SSSR count). The van der Waals surface area contributed by atoms with Crippen molar-refractivity contribution in [2.45, 2.75) is 59.0 Å². The van der Waals surface area contributed by atoms with Crippen LogP contribution in [0.15, 0.2) is 24.3 Å². The average Bonchev–Trinajstić information content (AvgIpc) is 2.51. The molecule has 1 aliphatic rings. The minimum absolute atomic E-state index is 0.363. The second-order valence-corrected chi connectivity index (χ2v) is 8.27. The molecular weight excluding hydrogens is 411 g/mol. The molecule has 2 nitrogen and oxygen atoms in total. The Balaban J connectivity index is 2.16. The number of unbranched alkanes of at least 4 members (excludes halogenated alkanes) is 2. The molecule has 0 unspecified atom stereocenters. The zero-order valence-corrected chi connectivity index (χ0v) is 17.0. The van der Waals surface area contributed by atoms with Gasteiger partial charge < -0.3 is 9.84 Å². The fraction of sp³-hybridized carbons (Fsp3) is 0.429. The van der Waals surface area contributed by atoms with E-state index in [1.807, 2.05) is 0 Å². The van der Waals surface area contributed by atoms with Gasteiger partial charge in [-0.25, -0.2) is 0 Å². The molecule has 24 heavy (non-hydrogen) atoms. The van der Waals surface area contributed by atoms with E-state index < -0.39 is 5.60 Å². The smallest absolute Gasteiger partial charge is 0.140 e. The highest BCUT2D eigenvalue weighted by atomic mass is 127. The normalized spacial score (nSPS) is 14.7. The second-order valence-electron chi connectivity index (χ2n) is 7.19. The molecule has 0 aromatic heterocycles. The van der Waals surface area contributed by atoms with E-state index in [4.69, 9.17) is 4.74 Å². The quantitative estimate of drug-likeness (QED) is 0.448. The van der Waals surface area contributed by atoms with Gasteiger partial charge in [0.05, 0.1) is 9.13 Å². The van der Waals surface area contributed by atoms with E-state index >= 15 is 0 Å². The van der Waals surface area contributed by atoms with Gasteiger partial charge in [-0.1, -0.05) is 43.5 Å². The summed E-state index contributed by atoms with van der Waals surface area (Å²) >= 11 is 2.27. The van der Waals surface area contributed by atoms with Crippen molar-refractivity contribution in [3.63, 3.8) is 0 Å². The fourth-order valence-corrected chi connectivity index (χ4v) is 4.18. The number of halogens is 1. The predicted molar refractivity (Wildman–Crippen MR) is 108 cm³/mol. The number of benzene rings is 2. The zero-order chi connectivity index (χ0) is 17.5. The molecule has 1 N–H and O–H groups in total. The SMILES string of the molecule is CCCCCc1cc2c(c(O)c1I)-c1cc(C)ccc1C(C)(C)O2. The van der Waals surface area contributed by atoms with Crippen molar-refractivity contribution < 1.29 is 9.84 Å². The standard InChI is InChI=1S/C21H25IO2/c1-5-6-7-8-14-12-17-18(20(23)19(14)22)15-11-13(2)9-10-16(15)21(3,4)24-17/h9-12,23H,5-8H2,1-4H3. The Morgan fingerprint density at radius 1 is 1.17 bits per heavy atom. The molecule has 1 aliphatic heterocycles. The highest BCUT2D eigenvalue weighted by molar-refractivity contribution is 14.1. The summed E-state index contributed by atoms with van der Waals surface area (Å²) in [6.07, 6.45) is 4.53. The van der Waals surface area contributed by atoms with Crippen LogP contribution in [0, 0.1) is 10.5 Å². The summed E-state index contributed by atoms with van der Waals surface area (Å²) in [4.78, 5) is 0. The van der Waals surface area contributed by atoms with Crippen molar-refractivity contribution in [1.82, 2.24) is 0 Å². The van der Waals surface area contributed by atoms with Gasteiger partial charge in [-0.2, -0.15) is 0 Å². The van der Waals surface area contributed by atoms with E-state index in [-0.39, 0.29) is 0 Å². The second kappa shape index (κ2) is 6.58. The van der Waals surface area contributed by atoms with Crippen LogP contribution in [0.4, 0.5) is 0 Å². The van der Waals surface area contributed by atoms with E-state index in [0.717, 1.165) is 38.9 Å². The number of aromatic hydroxyl groups is 1. The van der Waals surface area contributed by atoms with Crippen molar-refractivity contribution in [2.24, 2.45) is 0 Å². The molecular formula is C21H25IO2. The van der Waals surface area contributed by atoms with Crippen molar-refractivity contribution in [3.8, 4) is 22.6 Å². The summed E-state index contributed by atoms with van der Waals surface area (Å²) in [5.74, 6) is 1.17. The van der Waals surface area contributed by atoms with Crippen LogP contribution in [0.3, 0.4) is 0 Å². The van der Waals surface area contributed by atoms with E-state index in [0.29, 0.717) is 5.75 Å². The molecule has 0 spiro atoms. The van der Waals surface area contributed by atoms with Crippen LogP contribution in [0.25, 0.3) is 11.1 Å². The number of hydrogen-bond donors (Lipinski definition) is 1. The number of hydrogen-bond acceptors (Lipinski definition) is 2. The lowest BCUT2D eigenvalue weighted by Crippen LogP contribution is -2.29. The Morgan fingerprint density at radius 2 is 1.92 bits per heavy atom. The van der Waals surface area contributed by atoms with Gasteiger partial charge in [0.15, 0.2) is 0 Å². The van der Waals surface area contributed by atoms with Crippen LogP contribution in [0.2, 0.25) is 0 Å². The number of rotatable bonds is 4. The highest BCUT2D eigenvalue weighted by Crippen LogP contribution is 2.51. The first-order chi connectivity index (χ1) is 11.3. The van der Waals surface area contributed by atoms with Crippen LogP contribution in [0.5, 0.6) is 11.5 Å². The largest absolute Gasteiger partial charge is 0.506 e. The first kappa shape index (κ1) is 17.6. The van der Waals surface area contributed by atoms with E-state index in [1.165, 1.54) is 24.0 Å². The summed E-state index contributed by atoms with van der Waals surface area (Å²) in [5, 5.41) is 10.9. The highest BCUT2D eigenvalue weighted by Gasteiger charge is 2.35. The van der Waals surface area contributed by atoms with Gasteiger partial charge in [-0.3, -0.25) is 0 Å². The Kier molecular flexibility index (Phi) is 4.82. The van der Waals surface area contributed by atoms with Crippen molar-refractivity contribution >= 4 is 22.6 Å². The molecule has 2 aromatic carbocycles. The molecule has 2 aromatic rings. The van der Waals surface area contributed by atoms with Gasteiger partial charge in [-0.15, -0.1) is 0 Å². The van der Waals surface area contributed by atoms with E-state index in [2.05, 4.69) is 74.6 Å². The summed E-state index contributed by atoms with van der Waals surface area (Å²) < 4.78 is 7.26. The Bertz CT molecular complexity index is 778. The van der Waals surface area contributed by atoms with Crippen LogP contribution < -0.4 is 4.74 Å². The Hall–Kier alpha value is -1.23. The Labute approximate surface area is 158 Å². The Morgan fingerprint density at radius 3 is 2.62 bits per heavy atom. The van der Waals surface area contributed by atoms with E-state index in [9.17, 15) is 5.11 Å². The molecule has 1 heterocycles. The molecule has 0 fully saturated rings. The number of fused-ring (bicyclic) bond motifs is 3. The van der Waals surface area contributed by atoms with Crippen LogP contribution in [-0.2, 0) is 12.0 Å². The molecule has 0 radical (unpaired) electrons. The zero-order valence-electron chi connectivity index (χ0n) is 14.9. The van der Waals surface area contributed by atoms with E-state index in [1.54, 1.807) is 0 Å². The fourth-order valence-electron chi connectivity index (χ4n) is 3.48. The lowest BCUT2D eigenvalue weighted by Gasteiger charge is -2.36. The maximum absolute atomic E-state index is 10.9. The van der Waals surface area contributed by atoms with Gasteiger partial charge in [-0.05, 0) is 73.4 Å². The molecule has 0 aliphatic carbocycles. The maximum Gasteiger partial charge on any atom is 0.140 e. The van der Waals surface area contributed by atoms with Crippen LogP contribution in [0.1, 0.15) is 56.7 Å². The third-order valence-electron chi connectivity index (χ3n) is 4.79. The average molecular weight is 436 g/mol. The molecule has 0 saturated carbocycles. The van der Waals surface area contributed by atoms with Crippen LogP contribution in [-0.4, -0.2) is 5.11 Å². The number of phenols is 1. The number of aryl methyl sites for hydroxylation is 2. The molecule has 0 bridgehead atoms. The van der Waals surface area contributed by atoms with Gasteiger partial charge in [0.1, 0.15) is 17.1 Å². The minimum Gasteiger partial charge on any atom is -0.506 e. The topological polar surface area (TPSA) is 29.5 Å². The first-order valence-electron chi connectivity index (χ1n) is 8.70. The summed E-state index contributed by atoms with van der Waals surface area (Å²) in [6.45, 7) is 8.48. The predicted octanol–water partition coefficient (Wildman–Crippen LogP) is 6.33. The summed E-state index contributed by atoms with van der Waals surface area (Å²) in [6, 6.07) is 8.52. The van der Waals surface area contributed by atoms with Gasteiger partial charge >= 0.3 is 0 Å². The van der Waals surface area contributed by atoms with Gasteiger partial charge in [0.25, 0.3) is 0 Å². The molecule has 0 atom stereocenters. The van der Waals surface area contributed by atoms with Gasteiger partial charge in [0.2, 0.25) is 0 Å². The monoisotopic (exact) mass is 436 g/mol. The lowest BCUT2D eigenvalue weighted by atomic mass is 9.84. The summed E-state index contributed by atoms with van der Waals surface area (Å²) in [7, 11) is 0. The van der Waals surface area contributed by atoms with Crippen molar-refractivity contribution in [1.29, 1.82) is 0 Å². The first-order valence-corrected chi connectivity index (χ1v) is 9.78. The van der Waals surface area contributed by atoms with Crippen molar-refractivity contribution in [2.75, 3.05) is 0 Å². The number of ether oxygens (including phenoxy) is 1. The molecule has 0 saturated heterocycles. The molecule has 3 heteroatoms. The molecule has 0 amide bonds. The summed E-state index contributed by atoms with van der Waals surface area (Å²) in [5.41, 5.74) is 5.06. The maximum atomic E-state index is 10.9. The van der Waals surface area contributed by atoms with Crippen LogP contribution >= 0.6 is 22.6 Å². The third-order valence-corrected chi connectivity index (χ3v) is 5.99. The van der Waals surface area contributed by atoms with Gasteiger partial charge in [0, 0.05) is 5.56 Å². The van der Waals surface area contributed by atoms with Crippen molar-refractivity contribution in [3.05, 3.63) is 44.5 Å². The molecule has 128 valence electrons. The lowest BCUT2D eigenvalue weighted by molar-refractivity contribution is 0.105. The number of phenolic OH excluding ortho intramolecular Hbond substituents is 1. The minimum atomic E-state index is -0.393. The third kappa shape index (κ3) is 3.03.